The molecule has 2 aromatic heterocycles. The van der Waals surface area contributed by atoms with E-state index in [0.29, 0.717) is 27.7 Å². The molecule has 0 amide bonds. The van der Waals surface area contributed by atoms with Crippen molar-refractivity contribution in [1.29, 1.82) is 0 Å². The van der Waals surface area contributed by atoms with Crippen LogP contribution in [0.25, 0.3) is 0 Å². The summed E-state index contributed by atoms with van der Waals surface area (Å²) >= 11 is 7.49. The molecule has 4 rings (SSSR count). The number of carbonyl (C=O) groups is 1. The summed E-state index contributed by atoms with van der Waals surface area (Å²) in [7, 11) is -3.96. The molecule has 0 spiro atoms. The highest BCUT2D eigenvalue weighted by Crippen LogP contribution is 2.33. The third kappa shape index (κ3) is 6.43. The number of ketones is 1. The van der Waals surface area contributed by atoms with Crippen LogP contribution in [0.4, 0.5) is 5.82 Å². The number of nitrogens with two attached hydrogens (primary N) is 2. The second kappa shape index (κ2) is 10.7. The Morgan fingerprint density at radius 3 is 2.89 bits per heavy atom. The molecule has 5 N–H and O–H groups in total. The Morgan fingerprint density at radius 2 is 2.14 bits per heavy atom. The third-order valence-corrected chi connectivity index (χ3v) is 7.79. The van der Waals surface area contributed by atoms with Gasteiger partial charge in [-0.1, -0.05) is 23.7 Å². The van der Waals surface area contributed by atoms with E-state index in [1.165, 1.54) is 23.9 Å². The van der Waals surface area contributed by atoms with E-state index in [2.05, 4.69) is 15.3 Å². The molecule has 0 aliphatic heterocycles. The van der Waals surface area contributed by atoms with Crippen molar-refractivity contribution in [3.05, 3.63) is 74.3 Å². The first-order valence-corrected chi connectivity index (χ1v) is 13.7. The molecule has 3 aromatic rings. The van der Waals surface area contributed by atoms with Crippen LogP contribution in [0.2, 0.25) is 5.02 Å². The van der Waals surface area contributed by atoms with E-state index >= 15 is 0 Å². The van der Waals surface area contributed by atoms with Crippen LogP contribution in [0, 0.1) is 12.8 Å². The number of halogens is 1. The van der Waals surface area contributed by atoms with Gasteiger partial charge in [-0.2, -0.15) is 8.42 Å². The summed E-state index contributed by atoms with van der Waals surface area (Å²) in [5.41, 5.74) is 8.57. The number of benzene rings is 1. The van der Waals surface area contributed by atoms with Gasteiger partial charge in [0, 0.05) is 22.1 Å². The fraction of sp³-hybridized carbons (Fsp3) is 0.348. The zero-order valence-corrected chi connectivity index (χ0v) is 21.4. The summed E-state index contributed by atoms with van der Waals surface area (Å²) in [6.45, 7) is 1.97. The third-order valence-electron chi connectivity index (χ3n) is 6.03. The van der Waals surface area contributed by atoms with E-state index in [9.17, 15) is 13.2 Å². The fourth-order valence-electron chi connectivity index (χ4n) is 4.28. The van der Waals surface area contributed by atoms with E-state index in [0.717, 1.165) is 28.8 Å². The number of nitrogens with one attached hydrogen (secondary N) is 1. The molecule has 35 heavy (non-hydrogen) atoms. The first kappa shape index (κ1) is 25.7. The highest BCUT2D eigenvalue weighted by atomic mass is 35.5. The zero-order valence-electron chi connectivity index (χ0n) is 19.0. The van der Waals surface area contributed by atoms with Gasteiger partial charge in [0.25, 0.3) is 0 Å². The SMILES string of the molecule is Cc1sc(C(=O)c2cncnc2N[C@H]2CC[C@@H](COS(N)(=O)=O)C2)cc1C(N)c1cccc(Cl)c1. The highest BCUT2D eigenvalue weighted by Gasteiger charge is 2.28. The zero-order chi connectivity index (χ0) is 25.2. The van der Waals surface area contributed by atoms with Gasteiger partial charge >= 0.3 is 10.3 Å². The summed E-state index contributed by atoms with van der Waals surface area (Å²) in [6, 6.07) is 8.79. The number of hydrogen-bond donors (Lipinski definition) is 3. The average Bonchev–Trinajstić information content (AvgIpc) is 3.43. The first-order chi connectivity index (χ1) is 16.6. The summed E-state index contributed by atoms with van der Waals surface area (Å²) in [5, 5.41) is 8.84. The Bertz CT molecular complexity index is 1330. The molecule has 1 unspecified atom stereocenters. The minimum absolute atomic E-state index is 0.0161. The quantitative estimate of drug-likeness (QED) is 0.352. The molecule has 9 nitrogen and oxygen atoms in total. The molecule has 1 saturated carbocycles. The Labute approximate surface area is 213 Å². The largest absolute Gasteiger partial charge is 0.367 e. The lowest BCUT2D eigenvalue weighted by Crippen LogP contribution is -2.22. The summed E-state index contributed by atoms with van der Waals surface area (Å²) in [4.78, 5) is 23.3. The van der Waals surface area contributed by atoms with Gasteiger partial charge in [0.1, 0.15) is 12.1 Å². The molecule has 12 heteroatoms. The summed E-state index contributed by atoms with van der Waals surface area (Å²) in [5.74, 6) is 0.287. The lowest BCUT2D eigenvalue weighted by molar-refractivity contribution is 0.104. The van der Waals surface area contributed by atoms with Crippen LogP contribution in [0.15, 0.2) is 42.9 Å². The van der Waals surface area contributed by atoms with Gasteiger partial charge in [-0.15, -0.1) is 11.3 Å². The van der Waals surface area contributed by atoms with Crippen molar-refractivity contribution in [2.75, 3.05) is 11.9 Å². The lowest BCUT2D eigenvalue weighted by Gasteiger charge is -2.16. The van der Waals surface area contributed by atoms with Gasteiger partial charge in [-0.3, -0.25) is 8.98 Å². The van der Waals surface area contributed by atoms with Crippen molar-refractivity contribution in [1.82, 2.24) is 9.97 Å². The van der Waals surface area contributed by atoms with Crippen LogP contribution >= 0.6 is 22.9 Å². The van der Waals surface area contributed by atoms with Crippen LogP contribution < -0.4 is 16.2 Å². The van der Waals surface area contributed by atoms with Crippen LogP contribution in [-0.2, 0) is 14.5 Å². The molecule has 0 saturated heterocycles. The number of aryl methyl sites for hydroxylation is 1. The van der Waals surface area contributed by atoms with Crippen molar-refractivity contribution in [3.63, 3.8) is 0 Å². The number of thiophene rings is 1. The second-order valence-electron chi connectivity index (χ2n) is 8.57. The average molecular weight is 536 g/mol. The van der Waals surface area contributed by atoms with Crippen molar-refractivity contribution in [3.8, 4) is 0 Å². The molecule has 186 valence electrons. The number of anilines is 1. The van der Waals surface area contributed by atoms with Gasteiger partial charge in [-0.05, 0) is 61.4 Å². The Morgan fingerprint density at radius 1 is 1.34 bits per heavy atom. The topological polar surface area (TPSA) is 150 Å². The molecular formula is C23H26ClN5O4S2. The van der Waals surface area contributed by atoms with Gasteiger partial charge in [0.15, 0.2) is 0 Å². The number of rotatable bonds is 9. The molecule has 1 aliphatic rings. The van der Waals surface area contributed by atoms with Crippen LogP contribution in [-0.4, -0.2) is 36.8 Å². The minimum atomic E-state index is -3.96. The predicted molar refractivity (Wildman–Crippen MR) is 136 cm³/mol. The Kier molecular flexibility index (Phi) is 7.84. The van der Waals surface area contributed by atoms with Gasteiger partial charge in [0.2, 0.25) is 5.78 Å². The maximum atomic E-state index is 13.4. The van der Waals surface area contributed by atoms with E-state index in [1.54, 1.807) is 6.07 Å². The number of nitrogens with zero attached hydrogens (tertiary/aromatic N) is 2. The Hall–Kier alpha value is -2.41. The number of hydrogen-bond acceptors (Lipinski definition) is 9. The second-order valence-corrected chi connectivity index (χ2v) is 11.5. The summed E-state index contributed by atoms with van der Waals surface area (Å²) in [6.07, 6.45) is 5.11. The molecule has 2 heterocycles. The molecule has 1 fully saturated rings. The van der Waals surface area contributed by atoms with Crippen molar-refractivity contribution in [2.45, 2.75) is 38.3 Å². The van der Waals surface area contributed by atoms with Gasteiger partial charge in [-0.25, -0.2) is 15.1 Å². The maximum absolute atomic E-state index is 13.4. The van der Waals surface area contributed by atoms with Crippen LogP contribution in [0.3, 0.4) is 0 Å². The smallest absolute Gasteiger partial charge is 0.333 e. The number of carbonyl (C=O) groups excluding carboxylic acids is 1. The normalized spacial score (nSPS) is 19.0. The monoisotopic (exact) mass is 535 g/mol. The van der Waals surface area contributed by atoms with E-state index in [1.807, 2.05) is 31.2 Å². The molecule has 3 atom stereocenters. The van der Waals surface area contributed by atoms with Gasteiger partial charge < -0.3 is 11.1 Å². The van der Waals surface area contributed by atoms with Crippen LogP contribution in [0.1, 0.15) is 56.5 Å². The first-order valence-electron chi connectivity index (χ1n) is 11.0. The van der Waals surface area contributed by atoms with Crippen LogP contribution in [0.5, 0.6) is 0 Å². The van der Waals surface area contributed by atoms with E-state index < -0.39 is 16.3 Å². The van der Waals surface area contributed by atoms with Crippen molar-refractivity contribution >= 4 is 44.8 Å². The fourth-order valence-corrected chi connectivity index (χ4v) is 5.88. The molecule has 0 bridgehead atoms. The molecule has 0 radical (unpaired) electrons. The van der Waals surface area contributed by atoms with Crippen molar-refractivity contribution in [2.24, 2.45) is 16.8 Å². The Balaban J connectivity index is 1.49. The standard InChI is InChI=1S/C23H26ClN5O4S2/c1-13-18(21(25)15-3-2-4-16(24)8-15)9-20(34-13)22(30)19-10-27-12-28-23(19)29-17-6-5-14(7-17)11-33-35(26,31)32/h2-4,8-10,12,14,17,21H,5-7,11,25H2,1H3,(H2,26,31,32)(H,27,28,29)/t14-,17+,21?/m1/s1. The molecule has 1 aromatic carbocycles. The molecule has 1 aliphatic carbocycles. The predicted octanol–water partition coefficient (Wildman–Crippen LogP) is 3.58. The van der Waals surface area contributed by atoms with Gasteiger partial charge in [0.05, 0.1) is 23.1 Å². The maximum Gasteiger partial charge on any atom is 0.333 e. The lowest BCUT2D eigenvalue weighted by atomic mass is 9.99. The molecular weight excluding hydrogens is 510 g/mol. The number of aromatic nitrogens is 2. The van der Waals surface area contributed by atoms with E-state index in [-0.39, 0.29) is 24.3 Å². The highest BCUT2D eigenvalue weighted by molar-refractivity contribution is 7.84. The van der Waals surface area contributed by atoms with Crippen molar-refractivity contribution < 1.29 is 17.4 Å². The van der Waals surface area contributed by atoms with E-state index in [4.69, 9.17) is 26.7 Å². The minimum Gasteiger partial charge on any atom is -0.367 e. The summed E-state index contributed by atoms with van der Waals surface area (Å²) < 4.78 is 26.8.